The molecule has 0 radical (unpaired) electrons. The second-order valence-electron chi connectivity index (χ2n) is 4.90. The van der Waals surface area contributed by atoms with E-state index in [9.17, 15) is 8.42 Å². The van der Waals surface area contributed by atoms with E-state index in [1.54, 1.807) is 30.3 Å². The largest absolute Gasteiger partial charge is 0.338 e. The molecule has 3 rings (SSSR count). The van der Waals surface area contributed by atoms with Crippen LogP contribution in [0, 0.1) is 6.92 Å². The van der Waals surface area contributed by atoms with E-state index in [2.05, 4.69) is 10.1 Å². The van der Waals surface area contributed by atoms with E-state index < -0.39 is 9.84 Å². The summed E-state index contributed by atoms with van der Waals surface area (Å²) in [6, 6.07) is 15.8. The van der Waals surface area contributed by atoms with Crippen molar-refractivity contribution in [1.82, 2.24) is 10.1 Å². The van der Waals surface area contributed by atoms with Gasteiger partial charge < -0.3 is 4.52 Å². The Bertz CT molecular complexity index is 887. The van der Waals surface area contributed by atoms with Crippen LogP contribution in [0.5, 0.6) is 0 Å². The number of rotatable bonds is 4. The molecule has 2 aromatic carbocycles. The molecule has 0 saturated carbocycles. The number of hydrogen-bond donors (Lipinski definition) is 0. The molecule has 0 N–H and O–H groups in total. The van der Waals surface area contributed by atoms with Gasteiger partial charge in [-0.3, -0.25) is 0 Å². The SMILES string of the molecule is Cc1ccccc1-c1noc(CS(=O)(=O)c2ccccc2)n1. The van der Waals surface area contributed by atoms with Crippen LogP contribution in [0.25, 0.3) is 11.4 Å². The van der Waals surface area contributed by atoms with Crippen molar-refractivity contribution in [2.45, 2.75) is 17.6 Å². The predicted octanol–water partition coefficient (Wildman–Crippen LogP) is 3.02. The lowest BCUT2D eigenvalue weighted by Gasteiger charge is -2.00. The molecule has 0 aliphatic heterocycles. The van der Waals surface area contributed by atoms with Crippen molar-refractivity contribution < 1.29 is 12.9 Å². The van der Waals surface area contributed by atoms with Gasteiger partial charge in [-0.2, -0.15) is 4.98 Å². The summed E-state index contributed by atoms with van der Waals surface area (Å²) < 4.78 is 29.7. The van der Waals surface area contributed by atoms with E-state index in [1.807, 2.05) is 31.2 Å². The monoisotopic (exact) mass is 314 g/mol. The van der Waals surface area contributed by atoms with Gasteiger partial charge in [0.2, 0.25) is 11.7 Å². The van der Waals surface area contributed by atoms with Gasteiger partial charge in [0.05, 0.1) is 4.90 Å². The molecule has 0 fully saturated rings. The van der Waals surface area contributed by atoms with Crippen molar-refractivity contribution in [2.75, 3.05) is 0 Å². The minimum atomic E-state index is -3.49. The van der Waals surface area contributed by atoms with Crippen molar-refractivity contribution in [3.63, 3.8) is 0 Å². The predicted molar refractivity (Wildman–Crippen MR) is 81.8 cm³/mol. The summed E-state index contributed by atoms with van der Waals surface area (Å²) in [7, 11) is -3.49. The zero-order chi connectivity index (χ0) is 15.6. The fraction of sp³-hybridized carbons (Fsp3) is 0.125. The molecule has 1 aromatic heterocycles. The van der Waals surface area contributed by atoms with Crippen LogP contribution < -0.4 is 0 Å². The Kier molecular flexibility index (Phi) is 3.77. The Morgan fingerprint density at radius 2 is 1.68 bits per heavy atom. The summed E-state index contributed by atoms with van der Waals surface area (Å²) >= 11 is 0. The number of benzene rings is 2. The molecule has 22 heavy (non-hydrogen) atoms. The molecule has 5 nitrogen and oxygen atoms in total. The average Bonchev–Trinajstić information content (AvgIpc) is 2.96. The molecule has 0 atom stereocenters. The zero-order valence-corrected chi connectivity index (χ0v) is 12.7. The third kappa shape index (κ3) is 2.92. The first kappa shape index (κ1) is 14.5. The summed E-state index contributed by atoms with van der Waals surface area (Å²) in [5.41, 5.74) is 1.83. The van der Waals surface area contributed by atoms with Crippen LogP contribution >= 0.6 is 0 Å². The first-order valence-electron chi connectivity index (χ1n) is 6.73. The standard InChI is InChI=1S/C16H14N2O3S/c1-12-7-5-6-10-14(12)16-17-15(21-18-16)11-22(19,20)13-8-3-2-4-9-13/h2-10H,11H2,1H3. The highest BCUT2D eigenvalue weighted by atomic mass is 32.2. The molecule has 6 heteroatoms. The molecule has 0 aliphatic carbocycles. The topological polar surface area (TPSA) is 73.1 Å². The van der Waals surface area contributed by atoms with Gasteiger partial charge in [0.1, 0.15) is 5.75 Å². The second kappa shape index (κ2) is 5.73. The second-order valence-corrected chi connectivity index (χ2v) is 6.89. The third-order valence-corrected chi connectivity index (χ3v) is 4.89. The first-order valence-corrected chi connectivity index (χ1v) is 8.38. The number of nitrogens with zero attached hydrogens (tertiary/aromatic N) is 2. The van der Waals surface area contributed by atoms with Crippen molar-refractivity contribution in [2.24, 2.45) is 0 Å². The Balaban J connectivity index is 1.88. The molecule has 0 aliphatic rings. The number of aryl methyl sites for hydroxylation is 1. The summed E-state index contributed by atoms with van der Waals surface area (Å²) in [4.78, 5) is 4.44. The third-order valence-electron chi connectivity index (χ3n) is 3.27. The molecule has 112 valence electrons. The van der Waals surface area contributed by atoms with Crippen LogP contribution in [-0.2, 0) is 15.6 Å². The Morgan fingerprint density at radius 3 is 2.41 bits per heavy atom. The number of hydrogen-bond acceptors (Lipinski definition) is 5. The summed E-state index contributed by atoms with van der Waals surface area (Å²) in [5, 5.41) is 3.87. The molecule has 0 amide bonds. The van der Waals surface area contributed by atoms with Gasteiger partial charge in [0.25, 0.3) is 0 Å². The average molecular weight is 314 g/mol. The highest BCUT2D eigenvalue weighted by molar-refractivity contribution is 7.90. The van der Waals surface area contributed by atoms with Gasteiger partial charge in [-0.05, 0) is 24.6 Å². The van der Waals surface area contributed by atoms with E-state index in [1.165, 1.54) is 0 Å². The lowest BCUT2D eigenvalue weighted by atomic mass is 10.1. The van der Waals surface area contributed by atoms with Gasteiger partial charge in [-0.15, -0.1) is 0 Å². The maximum Gasteiger partial charge on any atom is 0.242 e. The number of aromatic nitrogens is 2. The minimum Gasteiger partial charge on any atom is -0.338 e. The van der Waals surface area contributed by atoms with E-state index in [0.717, 1.165) is 11.1 Å². The lowest BCUT2D eigenvalue weighted by Crippen LogP contribution is -2.05. The van der Waals surface area contributed by atoms with Gasteiger partial charge in [0.15, 0.2) is 9.84 Å². The summed E-state index contributed by atoms with van der Waals surface area (Å²) in [6.45, 7) is 1.94. The zero-order valence-electron chi connectivity index (χ0n) is 11.9. The number of sulfone groups is 1. The molecule has 1 heterocycles. The van der Waals surface area contributed by atoms with Crippen LogP contribution in [0.4, 0.5) is 0 Å². The normalized spacial score (nSPS) is 11.5. The fourth-order valence-electron chi connectivity index (χ4n) is 2.12. The van der Waals surface area contributed by atoms with Crippen molar-refractivity contribution >= 4 is 9.84 Å². The van der Waals surface area contributed by atoms with Gasteiger partial charge >= 0.3 is 0 Å². The Labute approximate surface area is 128 Å². The highest BCUT2D eigenvalue weighted by Gasteiger charge is 2.20. The molecule has 0 spiro atoms. The van der Waals surface area contributed by atoms with Gasteiger partial charge in [0, 0.05) is 5.56 Å². The van der Waals surface area contributed by atoms with Crippen LogP contribution in [0.3, 0.4) is 0 Å². The van der Waals surface area contributed by atoms with Crippen molar-refractivity contribution in [3.8, 4) is 11.4 Å². The molecular weight excluding hydrogens is 300 g/mol. The van der Waals surface area contributed by atoms with Gasteiger partial charge in [-0.25, -0.2) is 8.42 Å². The van der Waals surface area contributed by atoms with Crippen LogP contribution in [0.1, 0.15) is 11.5 Å². The smallest absolute Gasteiger partial charge is 0.242 e. The quantitative estimate of drug-likeness (QED) is 0.740. The maximum atomic E-state index is 12.3. The molecule has 0 saturated heterocycles. The molecule has 0 bridgehead atoms. The van der Waals surface area contributed by atoms with E-state index >= 15 is 0 Å². The fourth-order valence-corrected chi connectivity index (χ4v) is 3.30. The van der Waals surface area contributed by atoms with E-state index in [0.29, 0.717) is 5.82 Å². The Hall–Kier alpha value is -2.47. The van der Waals surface area contributed by atoms with E-state index in [4.69, 9.17) is 4.52 Å². The Morgan fingerprint density at radius 1 is 1.00 bits per heavy atom. The molecule has 0 unspecified atom stereocenters. The molecular formula is C16H14N2O3S. The van der Waals surface area contributed by atoms with Crippen LogP contribution in [0.15, 0.2) is 64.0 Å². The van der Waals surface area contributed by atoms with E-state index in [-0.39, 0.29) is 16.5 Å². The minimum absolute atomic E-state index is 0.0853. The van der Waals surface area contributed by atoms with Crippen molar-refractivity contribution in [1.29, 1.82) is 0 Å². The van der Waals surface area contributed by atoms with Crippen LogP contribution in [0.2, 0.25) is 0 Å². The molecule has 3 aromatic rings. The van der Waals surface area contributed by atoms with Crippen molar-refractivity contribution in [3.05, 3.63) is 66.1 Å². The van der Waals surface area contributed by atoms with Crippen LogP contribution in [-0.4, -0.2) is 18.6 Å². The summed E-state index contributed by atoms with van der Waals surface area (Å²) in [6.07, 6.45) is 0. The summed E-state index contributed by atoms with van der Waals surface area (Å²) in [5.74, 6) is 0.175. The maximum absolute atomic E-state index is 12.3. The lowest BCUT2D eigenvalue weighted by molar-refractivity contribution is 0.389. The van der Waals surface area contributed by atoms with Gasteiger partial charge in [-0.1, -0.05) is 47.6 Å². The first-order chi connectivity index (χ1) is 10.6. The highest BCUT2D eigenvalue weighted by Crippen LogP contribution is 2.21.